The Morgan fingerprint density at radius 2 is 1.88 bits per heavy atom. The highest BCUT2D eigenvalue weighted by Gasteiger charge is 2.38. The zero-order valence-electron chi connectivity index (χ0n) is 18.5. The van der Waals surface area contributed by atoms with Crippen LogP contribution in [-0.4, -0.2) is 47.0 Å². The monoisotopic (exact) mass is 460 g/mol. The largest absolute Gasteiger partial charge is 0.396 e. The van der Waals surface area contributed by atoms with Gasteiger partial charge >= 0.3 is 6.03 Å². The number of carbonyl (C=O) groups is 1. The summed E-state index contributed by atoms with van der Waals surface area (Å²) in [6.07, 6.45) is -0.863. The van der Waals surface area contributed by atoms with E-state index in [2.05, 4.69) is 17.6 Å². The van der Waals surface area contributed by atoms with Crippen LogP contribution < -0.4 is 10.6 Å². The summed E-state index contributed by atoms with van der Waals surface area (Å²) < 4.78 is 12.8. The molecule has 0 aromatic heterocycles. The van der Waals surface area contributed by atoms with E-state index in [1.54, 1.807) is 11.8 Å². The zero-order chi connectivity index (χ0) is 22.9. The van der Waals surface area contributed by atoms with Gasteiger partial charge in [0, 0.05) is 35.2 Å². The van der Waals surface area contributed by atoms with Gasteiger partial charge in [-0.2, -0.15) is 11.8 Å². The van der Waals surface area contributed by atoms with Gasteiger partial charge in [-0.05, 0) is 30.2 Å². The second-order valence-electron chi connectivity index (χ2n) is 7.73. The van der Waals surface area contributed by atoms with E-state index in [1.165, 1.54) is 0 Å². The molecule has 0 aliphatic carbocycles. The molecule has 0 unspecified atom stereocenters. The van der Waals surface area contributed by atoms with Crippen molar-refractivity contribution in [3.05, 3.63) is 65.2 Å². The summed E-state index contributed by atoms with van der Waals surface area (Å²) in [5.41, 5.74) is 3.36. The number of hydrogen-bond donors (Lipinski definition) is 4. The zero-order valence-corrected chi connectivity index (χ0v) is 19.3. The van der Waals surface area contributed by atoms with Crippen LogP contribution in [0.4, 0.5) is 10.5 Å². The van der Waals surface area contributed by atoms with Crippen molar-refractivity contribution in [2.45, 2.75) is 39.0 Å². The van der Waals surface area contributed by atoms with Crippen molar-refractivity contribution in [2.75, 3.05) is 30.0 Å². The molecule has 3 rings (SSSR count). The average Bonchev–Trinajstić information content (AvgIpc) is 2.80. The van der Waals surface area contributed by atoms with Crippen LogP contribution in [0.2, 0.25) is 0 Å². The maximum atomic E-state index is 11.9. The van der Waals surface area contributed by atoms with Crippen molar-refractivity contribution < 1.29 is 24.5 Å². The molecule has 0 spiro atoms. The number of rotatable bonds is 9. The highest BCUT2D eigenvalue weighted by molar-refractivity contribution is 7.99. The summed E-state index contributed by atoms with van der Waals surface area (Å²) in [7, 11) is 0. The third-order valence-electron chi connectivity index (χ3n) is 5.40. The number of nitrogens with one attached hydrogen (secondary N) is 2. The minimum atomic E-state index is -0.593. The molecule has 1 aliphatic rings. The fraction of sp³-hybridized carbons (Fsp3) is 0.458. The number of urea groups is 1. The molecule has 0 radical (unpaired) electrons. The number of ether oxygens (including phenoxy) is 2. The first-order valence-electron chi connectivity index (χ1n) is 10.9. The second kappa shape index (κ2) is 12.2. The van der Waals surface area contributed by atoms with Crippen molar-refractivity contribution in [1.29, 1.82) is 0 Å². The van der Waals surface area contributed by atoms with Crippen LogP contribution in [0.3, 0.4) is 0 Å². The van der Waals surface area contributed by atoms with Gasteiger partial charge in [-0.25, -0.2) is 4.79 Å². The predicted molar refractivity (Wildman–Crippen MR) is 127 cm³/mol. The molecule has 1 aliphatic heterocycles. The van der Waals surface area contributed by atoms with Gasteiger partial charge in [0.05, 0.1) is 25.4 Å². The maximum Gasteiger partial charge on any atom is 0.319 e. The summed E-state index contributed by atoms with van der Waals surface area (Å²) in [5, 5.41) is 24.1. The van der Waals surface area contributed by atoms with Gasteiger partial charge < -0.3 is 30.3 Å². The minimum absolute atomic E-state index is 0.00107. The molecule has 8 heteroatoms. The van der Waals surface area contributed by atoms with E-state index in [1.807, 2.05) is 55.5 Å². The molecule has 1 fully saturated rings. The van der Waals surface area contributed by atoms with Gasteiger partial charge in [0.2, 0.25) is 0 Å². The van der Waals surface area contributed by atoms with Crippen molar-refractivity contribution in [1.82, 2.24) is 5.32 Å². The van der Waals surface area contributed by atoms with Crippen LogP contribution in [-0.2, 0) is 16.1 Å². The molecule has 2 aromatic rings. The van der Waals surface area contributed by atoms with E-state index in [0.717, 1.165) is 22.4 Å². The number of benzene rings is 2. The van der Waals surface area contributed by atoms with Crippen molar-refractivity contribution in [3.8, 4) is 0 Å². The number of hydrogen-bond acceptors (Lipinski definition) is 6. The number of aliphatic hydroxyl groups is 2. The topological polar surface area (TPSA) is 100 Å². The smallest absolute Gasteiger partial charge is 0.319 e. The maximum absolute atomic E-state index is 11.9. The normalized spacial score (nSPS) is 23.0. The number of thioether (sulfide) groups is 1. The predicted octanol–water partition coefficient (Wildman–Crippen LogP) is 3.84. The Labute approximate surface area is 193 Å². The molecular formula is C24H32N2O5S. The van der Waals surface area contributed by atoms with Gasteiger partial charge in [0.25, 0.3) is 0 Å². The highest BCUT2D eigenvalue weighted by atomic mass is 32.2. The van der Waals surface area contributed by atoms with E-state index < -0.39 is 6.29 Å². The quantitative estimate of drug-likeness (QED) is 0.425. The van der Waals surface area contributed by atoms with Crippen molar-refractivity contribution in [2.24, 2.45) is 5.92 Å². The lowest BCUT2D eigenvalue weighted by atomic mass is 9.91. The molecule has 174 valence electrons. The summed E-state index contributed by atoms with van der Waals surface area (Å²) in [4.78, 5) is 11.9. The van der Waals surface area contributed by atoms with Crippen LogP contribution in [0.5, 0.6) is 0 Å². The van der Waals surface area contributed by atoms with Gasteiger partial charge in [-0.3, -0.25) is 0 Å². The Morgan fingerprint density at radius 1 is 1.09 bits per heavy atom. The summed E-state index contributed by atoms with van der Waals surface area (Å²) in [6, 6.07) is 15.0. The van der Waals surface area contributed by atoms with E-state index >= 15 is 0 Å². The molecule has 7 nitrogen and oxygen atoms in total. The Hall–Kier alpha value is -2.10. The first-order valence-corrected chi connectivity index (χ1v) is 12.0. The first-order chi connectivity index (χ1) is 15.5. The van der Waals surface area contributed by atoms with Crippen molar-refractivity contribution in [3.63, 3.8) is 0 Å². The van der Waals surface area contributed by atoms with Crippen LogP contribution in [0.15, 0.2) is 48.5 Å². The molecule has 1 heterocycles. The molecule has 0 saturated carbocycles. The molecule has 1 saturated heterocycles. The number of amides is 2. The molecule has 32 heavy (non-hydrogen) atoms. The second-order valence-corrected chi connectivity index (χ2v) is 8.88. The van der Waals surface area contributed by atoms with Crippen LogP contribution in [0.1, 0.15) is 42.9 Å². The lowest BCUT2D eigenvalue weighted by Gasteiger charge is -2.41. The fourth-order valence-corrected chi connectivity index (χ4v) is 4.58. The Balaban J connectivity index is 1.83. The standard InChI is InChI=1S/C24H32N2O5S/c1-3-25-24(29)26-20-6-4-5-19(13-20)23-30-21(15-32-12-11-27)16(2)22(31-23)18-9-7-17(14-28)8-10-18/h4-10,13,16,21-23,27-28H,3,11-12,14-15H2,1-2H3,(H2,25,26,29)/t16-,21+,22+,23+/m0/s1. The van der Waals surface area contributed by atoms with Gasteiger partial charge in [0.1, 0.15) is 0 Å². The summed E-state index contributed by atoms with van der Waals surface area (Å²) in [5.74, 6) is 1.48. The first kappa shape index (κ1) is 24.5. The summed E-state index contributed by atoms with van der Waals surface area (Å²) in [6.45, 7) is 4.65. The Bertz CT molecular complexity index is 864. The van der Waals surface area contributed by atoms with Crippen LogP contribution in [0.25, 0.3) is 0 Å². The average molecular weight is 461 g/mol. The third-order valence-corrected chi connectivity index (χ3v) is 6.43. The Morgan fingerprint density at radius 3 is 2.56 bits per heavy atom. The lowest BCUT2D eigenvalue weighted by Crippen LogP contribution is -2.38. The molecule has 0 bridgehead atoms. The third kappa shape index (κ3) is 6.46. The summed E-state index contributed by atoms with van der Waals surface area (Å²) >= 11 is 1.65. The molecule has 4 atom stereocenters. The SMILES string of the molecule is CCNC(=O)Nc1cccc([C@@H]2O[C@H](CSCCO)[C@H](C)[C@H](c3ccc(CO)cc3)O2)c1. The van der Waals surface area contributed by atoms with E-state index in [9.17, 15) is 9.90 Å². The Kier molecular flexibility index (Phi) is 9.37. The number of carbonyl (C=O) groups excluding carboxylic acids is 1. The fourth-order valence-electron chi connectivity index (χ4n) is 3.67. The molecule has 2 amide bonds. The lowest BCUT2D eigenvalue weighted by molar-refractivity contribution is -0.268. The van der Waals surface area contributed by atoms with Gasteiger partial charge in [-0.1, -0.05) is 43.3 Å². The van der Waals surface area contributed by atoms with Crippen molar-refractivity contribution >= 4 is 23.5 Å². The molecule has 4 N–H and O–H groups in total. The van der Waals surface area contributed by atoms with E-state index in [0.29, 0.717) is 18.0 Å². The van der Waals surface area contributed by atoms with Gasteiger partial charge in [-0.15, -0.1) is 0 Å². The van der Waals surface area contributed by atoms with Gasteiger partial charge in [0.15, 0.2) is 6.29 Å². The molecule has 2 aromatic carbocycles. The highest BCUT2D eigenvalue weighted by Crippen LogP contribution is 2.42. The number of aliphatic hydroxyl groups excluding tert-OH is 2. The van der Waals surface area contributed by atoms with E-state index in [-0.39, 0.29) is 37.4 Å². The van der Waals surface area contributed by atoms with Crippen LogP contribution >= 0.6 is 11.8 Å². The van der Waals surface area contributed by atoms with E-state index in [4.69, 9.17) is 14.6 Å². The minimum Gasteiger partial charge on any atom is -0.396 e. The number of anilines is 1. The molecular weight excluding hydrogens is 428 g/mol. The van der Waals surface area contributed by atoms with Crippen LogP contribution in [0, 0.1) is 5.92 Å².